The fraction of sp³-hybridized carbons (Fsp3) is 1.00. The summed E-state index contributed by atoms with van der Waals surface area (Å²) in [6, 6.07) is 0. The Bertz CT molecular complexity index is 185. The molecule has 0 saturated carbocycles. The summed E-state index contributed by atoms with van der Waals surface area (Å²) in [5.74, 6) is 1.47. The first-order valence-corrected chi connectivity index (χ1v) is 6.60. The first-order chi connectivity index (χ1) is 7.59. The molecular weight excluding hydrogens is 200 g/mol. The average molecular weight is 228 g/mol. The van der Waals surface area contributed by atoms with E-state index in [1.807, 2.05) is 0 Å². The second-order valence-corrected chi connectivity index (χ2v) is 5.54. The Morgan fingerprint density at radius 3 is 2.75 bits per heavy atom. The van der Waals surface area contributed by atoms with Gasteiger partial charge in [0.05, 0.1) is 6.10 Å². The van der Waals surface area contributed by atoms with E-state index in [1.54, 1.807) is 0 Å². The molecule has 0 spiro atoms. The van der Waals surface area contributed by atoms with Crippen LogP contribution < -0.4 is 5.32 Å². The first-order valence-electron chi connectivity index (χ1n) is 6.60. The molecule has 3 nitrogen and oxygen atoms in total. The van der Waals surface area contributed by atoms with Gasteiger partial charge < -0.3 is 15.0 Å². The van der Waals surface area contributed by atoms with Gasteiger partial charge in [-0.2, -0.15) is 0 Å². The molecule has 16 heavy (non-hydrogen) atoms. The van der Waals surface area contributed by atoms with E-state index in [0.717, 1.165) is 44.6 Å². The largest absolute Gasteiger partial charge is 0.377 e. The van der Waals surface area contributed by atoms with Gasteiger partial charge in [0.25, 0.3) is 0 Å². The van der Waals surface area contributed by atoms with E-state index >= 15 is 0 Å². The highest BCUT2D eigenvalue weighted by molar-refractivity contribution is 4.75. The van der Waals surface area contributed by atoms with Crippen molar-refractivity contribution in [3.8, 4) is 0 Å². The lowest BCUT2D eigenvalue weighted by molar-refractivity contribution is 0.0653. The first kappa shape index (κ1) is 13.9. The van der Waals surface area contributed by atoms with Gasteiger partial charge in [0.1, 0.15) is 0 Å². The maximum absolute atomic E-state index is 5.72. The fourth-order valence-corrected chi connectivity index (χ4v) is 2.05. The Morgan fingerprint density at radius 1 is 1.44 bits per heavy atom. The van der Waals surface area contributed by atoms with Gasteiger partial charge in [0.15, 0.2) is 0 Å². The predicted molar refractivity (Wildman–Crippen MR) is 68.7 cm³/mol. The minimum atomic E-state index is 0.454. The molecule has 0 aromatic carbocycles. The topological polar surface area (TPSA) is 24.5 Å². The van der Waals surface area contributed by atoms with Crippen molar-refractivity contribution in [2.45, 2.75) is 33.3 Å². The van der Waals surface area contributed by atoms with Crippen molar-refractivity contribution < 1.29 is 4.74 Å². The zero-order chi connectivity index (χ0) is 12.0. The summed E-state index contributed by atoms with van der Waals surface area (Å²) in [4.78, 5) is 2.37. The highest BCUT2D eigenvalue weighted by Crippen LogP contribution is 2.20. The van der Waals surface area contributed by atoms with Gasteiger partial charge in [-0.25, -0.2) is 0 Å². The van der Waals surface area contributed by atoms with Crippen molar-refractivity contribution in [1.82, 2.24) is 10.2 Å². The predicted octanol–water partition coefficient (Wildman–Crippen LogP) is 1.59. The number of nitrogens with zero attached hydrogens (tertiary/aromatic N) is 1. The van der Waals surface area contributed by atoms with Crippen LogP contribution in [0.4, 0.5) is 0 Å². The van der Waals surface area contributed by atoms with Crippen LogP contribution in [0.25, 0.3) is 0 Å². The molecule has 0 amide bonds. The molecule has 0 radical (unpaired) electrons. The molecule has 3 heteroatoms. The van der Waals surface area contributed by atoms with Gasteiger partial charge in [0, 0.05) is 26.2 Å². The van der Waals surface area contributed by atoms with Crippen molar-refractivity contribution in [1.29, 1.82) is 0 Å². The molecule has 0 aliphatic carbocycles. The molecule has 0 bridgehead atoms. The van der Waals surface area contributed by atoms with Crippen molar-refractivity contribution in [2.24, 2.45) is 11.8 Å². The van der Waals surface area contributed by atoms with Crippen LogP contribution in [0, 0.1) is 11.8 Å². The molecule has 1 rings (SSSR count). The van der Waals surface area contributed by atoms with Gasteiger partial charge >= 0.3 is 0 Å². The van der Waals surface area contributed by atoms with E-state index in [-0.39, 0.29) is 0 Å². The quantitative estimate of drug-likeness (QED) is 0.670. The van der Waals surface area contributed by atoms with Crippen molar-refractivity contribution in [2.75, 3.05) is 39.8 Å². The molecule has 2 atom stereocenters. The number of hydrogen-bond acceptors (Lipinski definition) is 3. The Balaban J connectivity index is 2.04. The normalized spacial score (nSPS) is 25.9. The van der Waals surface area contributed by atoms with E-state index in [2.05, 4.69) is 38.0 Å². The molecule has 1 saturated heterocycles. The van der Waals surface area contributed by atoms with Crippen molar-refractivity contribution >= 4 is 0 Å². The van der Waals surface area contributed by atoms with Gasteiger partial charge in [-0.1, -0.05) is 20.8 Å². The molecule has 1 fully saturated rings. The molecule has 1 heterocycles. The summed E-state index contributed by atoms with van der Waals surface area (Å²) >= 11 is 0. The molecule has 1 aliphatic heterocycles. The average Bonchev–Trinajstić information content (AvgIpc) is 2.59. The third kappa shape index (κ3) is 5.28. The van der Waals surface area contributed by atoms with Crippen LogP contribution in [-0.4, -0.2) is 50.8 Å². The highest BCUT2D eigenvalue weighted by Gasteiger charge is 2.24. The van der Waals surface area contributed by atoms with Gasteiger partial charge in [-0.05, 0) is 31.8 Å². The van der Waals surface area contributed by atoms with E-state index in [1.165, 1.54) is 6.42 Å². The molecule has 1 N–H and O–H groups in total. The number of rotatable bonds is 7. The van der Waals surface area contributed by atoms with Gasteiger partial charge in [0.2, 0.25) is 0 Å². The maximum atomic E-state index is 5.72. The van der Waals surface area contributed by atoms with Gasteiger partial charge in [-0.15, -0.1) is 0 Å². The fourth-order valence-electron chi connectivity index (χ4n) is 2.05. The Hall–Kier alpha value is -0.120. The Kier molecular flexibility index (Phi) is 6.32. The van der Waals surface area contributed by atoms with E-state index in [9.17, 15) is 0 Å². The number of hydrogen-bond donors (Lipinski definition) is 1. The monoisotopic (exact) mass is 228 g/mol. The summed E-state index contributed by atoms with van der Waals surface area (Å²) in [6.45, 7) is 12.1. The van der Waals surface area contributed by atoms with E-state index < -0.39 is 0 Å². The molecule has 96 valence electrons. The molecular formula is C13H28N2O. The van der Waals surface area contributed by atoms with Crippen LogP contribution in [0.3, 0.4) is 0 Å². The maximum Gasteiger partial charge on any atom is 0.0728 e. The number of nitrogens with one attached hydrogen (secondary N) is 1. The summed E-state index contributed by atoms with van der Waals surface area (Å²) in [7, 11) is 2.19. The zero-order valence-electron chi connectivity index (χ0n) is 11.3. The summed E-state index contributed by atoms with van der Waals surface area (Å²) in [6.07, 6.45) is 1.68. The van der Waals surface area contributed by atoms with E-state index in [0.29, 0.717) is 6.10 Å². The van der Waals surface area contributed by atoms with Crippen LogP contribution in [0.2, 0.25) is 0 Å². The number of likely N-dealkylation sites (N-methyl/N-ethyl adjacent to an activating group) is 1. The minimum Gasteiger partial charge on any atom is -0.377 e. The third-order valence-corrected chi connectivity index (χ3v) is 3.25. The second-order valence-electron chi connectivity index (χ2n) is 5.54. The van der Waals surface area contributed by atoms with Gasteiger partial charge in [-0.3, -0.25) is 0 Å². The SMILES string of the molecule is CC(C)CNCCN(C)CC1OCCC1C. The van der Waals surface area contributed by atoms with Crippen LogP contribution in [0.15, 0.2) is 0 Å². The lowest BCUT2D eigenvalue weighted by Gasteiger charge is -2.23. The Morgan fingerprint density at radius 2 is 2.19 bits per heavy atom. The molecule has 0 aromatic rings. The summed E-state index contributed by atoms with van der Waals surface area (Å²) in [5.41, 5.74) is 0. The lowest BCUT2D eigenvalue weighted by Crippen LogP contribution is -2.37. The summed E-state index contributed by atoms with van der Waals surface area (Å²) in [5, 5.41) is 3.47. The highest BCUT2D eigenvalue weighted by atomic mass is 16.5. The third-order valence-electron chi connectivity index (χ3n) is 3.25. The van der Waals surface area contributed by atoms with Crippen LogP contribution in [0.5, 0.6) is 0 Å². The summed E-state index contributed by atoms with van der Waals surface area (Å²) < 4.78 is 5.72. The molecule has 1 aliphatic rings. The lowest BCUT2D eigenvalue weighted by atomic mass is 10.0. The molecule has 0 aromatic heterocycles. The number of ether oxygens (including phenoxy) is 1. The smallest absolute Gasteiger partial charge is 0.0728 e. The minimum absolute atomic E-state index is 0.454. The standard InChI is InChI=1S/C13H28N2O/c1-11(2)9-14-6-7-15(4)10-13-12(3)5-8-16-13/h11-14H,5-10H2,1-4H3. The van der Waals surface area contributed by atoms with Crippen molar-refractivity contribution in [3.05, 3.63) is 0 Å². The Labute approximate surface area is 101 Å². The molecule has 2 unspecified atom stereocenters. The van der Waals surface area contributed by atoms with Crippen LogP contribution in [-0.2, 0) is 4.74 Å². The van der Waals surface area contributed by atoms with Crippen LogP contribution in [0.1, 0.15) is 27.2 Å². The second kappa shape index (κ2) is 7.25. The van der Waals surface area contributed by atoms with Crippen LogP contribution >= 0.6 is 0 Å². The zero-order valence-corrected chi connectivity index (χ0v) is 11.3. The van der Waals surface area contributed by atoms with Crippen molar-refractivity contribution in [3.63, 3.8) is 0 Å². The van der Waals surface area contributed by atoms with E-state index in [4.69, 9.17) is 4.74 Å².